The Hall–Kier alpha value is -3.22. The van der Waals surface area contributed by atoms with E-state index in [9.17, 15) is 4.79 Å². The van der Waals surface area contributed by atoms with Gasteiger partial charge < -0.3 is 10.2 Å². The number of aryl methyl sites for hydroxylation is 2. The molecule has 1 N–H and O–H groups in total. The molecule has 1 fully saturated rings. The highest BCUT2D eigenvalue weighted by Crippen LogP contribution is 2.24. The first-order valence-electron chi connectivity index (χ1n) is 9.53. The number of piperidine rings is 1. The van der Waals surface area contributed by atoms with Gasteiger partial charge in [0.15, 0.2) is 0 Å². The van der Waals surface area contributed by atoms with Crippen molar-refractivity contribution >= 4 is 17.4 Å². The van der Waals surface area contributed by atoms with Crippen LogP contribution in [0.3, 0.4) is 0 Å². The van der Waals surface area contributed by atoms with Crippen molar-refractivity contribution in [3.05, 3.63) is 60.4 Å². The second-order valence-corrected chi connectivity index (χ2v) is 7.33. The van der Waals surface area contributed by atoms with Crippen LogP contribution in [0.5, 0.6) is 0 Å². The van der Waals surface area contributed by atoms with Gasteiger partial charge in [0.05, 0.1) is 0 Å². The Bertz CT molecular complexity index is 941. The van der Waals surface area contributed by atoms with Gasteiger partial charge in [0.25, 0.3) is 0 Å². The standard InChI is InChI=1S/C21H24N6O/c1-15-9-16(2)11-18(10-15)25-21(28)17-3-6-26(7-4-17)19-12-20(24-13-23-19)27-8-5-22-14-27/h5,8-14,17H,3-4,6-7H2,1-2H3,(H,25,28). The van der Waals surface area contributed by atoms with Gasteiger partial charge in [0.2, 0.25) is 5.91 Å². The number of amides is 1. The summed E-state index contributed by atoms with van der Waals surface area (Å²) in [5.41, 5.74) is 3.19. The summed E-state index contributed by atoms with van der Waals surface area (Å²) in [6.45, 7) is 5.68. The lowest BCUT2D eigenvalue weighted by atomic mass is 9.95. The third kappa shape index (κ3) is 4.03. The van der Waals surface area contributed by atoms with Gasteiger partial charge >= 0.3 is 0 Å². The molecule has 1 aromatic carbocycles. The maximum Gasteiger partial charge on any atom is 0.227 e. The number of hydrogen-bond donors (Lipinski definition) is 1. The van der Waals surface area contributed by atoms with E-state index >= 15 is 0 Å². The Morgan fingerprint density at radius 2 is 1.75 bits per heavy atom. The summed E-state index contributed by atoms with van der Waals surface area (Å²) in [6.07, 6.45) is 8.48. The van der Waals surface area contributed by atoms with E-state index in [2.05, 4.69) is 31.2 Å². The Morgan fingerprint density at radius 1 is 1.04 bits per heavy atom. The highest BCUT2D eigenvalue weighted by atomic mass is 16.1. The minimum Gasteiger partial charge on any atom is -0.356 e. The number of benzene rings is 1. The molecule has 3 aromatic rings. The molecule has 1 saturated heterocycles. The molecule has 0 bridgehead atoms. The summed E-state index contributed by atoms with van der Waals surface area (Å²) in [5.74, 6) is 1.79. The van der Waals surface area contributed by atoms with Crippen LogP contribution >= 0.6 is 0 Å². The van der Waals surface area contributed by atoms with Crippen LogP contribution in [0.4, 0.5) is 11.5 Å². The lowest BCUT2D eigenvalue weighted by Crippen LogP contribution is -2.38. The topological polar surface area (TPSA) is 75.9 Å². The normalized spacial score (nSPS) is 14.9. The minimum atomic E-state index is 0.0204. The fourth-order valence-corrected chi connectivity index (χ4v) is 3.71. The van der Waals surface area contributed by atoms with Crippen LogP contribution in [0.1, 0.15) is 24.0 Å². The van der Waals surface area contributed by atoms with Gasteiger partial charge in [0, 0.05) is 43.2 Å². The first-order valence-corrected chi connectivity index (χ1v) is 9.53. The fourth-order valence-electron chi connectivity index (χ4n) is 3.71. The molecule has 7 nitrogen and oxygen atoms in total. The molecule has 28 heavy (non-hydrogen) atoms. The average molecular weight is 376 g/mol. The van der Waals surface area contributed by atoms with E-state index in [1.54, 1.807) is 18.9 Å². The number of rotatable bonds is 4. The molecular formula is C21H24N6O. The molecule has 0 saturated carbocycles. The van der Waals surface area contributed by atoms with Gasteiger partial charge in [-0.2, -0.15) is 0 Å². The quantitative estimate of drug-likeness (QED) is 0.757. The molecule has 7 heteroatoms. The van der Waals surface area contributed by atoms with Gasteiger partial charge in [-0.1, -0.05) is 6.07 Å². The smallest absolute Gasteiger partial charge is 0.227 e. The van der Waals surface area contributed by atoms with Crippen molar-refractivity contribution < 1.29 is 4.79 Å². The number of carbonyl (C=O) groups is 1. The number of nitrogens with one attached hydrogen (secondary N) is 1. The van der Waals surface area contributed by atoms with Gasteiger partial charge in [-0.05, 0) is 49.9 Å². The molecule has 1 aliphatic heterocycles. The molecule has 4 rings (SSSR count). The molecular weight excluding hydrogens is 352 g/mol. The van der Waals surface area contributed by atoms with E-state index in [1.807, 2.05) is 42.8 Å². The summed E-state index contributed by atoms with van der Waals surface area (Å²) in [6, 6.07) is 8.09. The molecule has 1 amide bonds. The molecule has 144 valence electrons. The predicted molar refractivity (Wildman–Crippen MR) is 109 cm³/mol. The van der Waals surface area contributed by atoms with E-state index in [1.165, 1.54) is 0 Å². The number of hydrogen-bond acceptors (Lipinski definition) is 5. The van der Waals surface area contributed by atoms with Gasteiger partial charge in [-0.15, -0.1) is 0 Å². The summed E-state index contributed by atoms with van der Waals surface area (Å²) in [7, 11) is 0. The number of anilines is 2. The SMILES string of the molecule is Cc1cc(C)cc(NC(=O)C2CCN(c3cc(-n4ccnc4)ncn3)CC2)c1. The van der Waals surface area contributed by atoms with Crippen LogP contribution < -0.4 is 10.2 Å². The molecule has 0 unspecified atom stereocenters. The van der Waals surface area contributed by atoms with E-state index in [0.717, 1.165) is 54.4 Å². The molecule has 3 heterocycles. The molecule has 0 atom stereocenters. The largest absolute Gasteiger partial charge is 0.356 e. The summed E-state index contributed by atoms with van der Waals surface area (Å²) >= 11 is 0. The Kier molecular flexibility index (Phi) is 5.06. The minimum absolute atomic E-state index is 0.0204. The van der Waals surface area contributed by atoms with Crippen LogP contribution in [0.15, 0.2) is 49.3 Å². The zero-order chi connectivity index (χ0) is 19.5. The van der Waals surface area contributed by atoms with Crippen LogP contribution in [0, 0.1) is 19.8 Å². The van der Waals surface area contributed by atoms with Crippen molar-refractivity contribution in [2.24, 2.45) is 5.92 Å². The van der Waals surface area contributed by atoms with Crippen LogP contribution in [-0.4, -0.2) is 38.5 Å². The summed E-state index contributed by atoms with van der Waals surface area (Å²) < 4.78 is 1.86. The molecule has 2 aromatic heterocycles. The maximum atomic E-state index is 12.7. The van der Waals surface area contributed by atoms with E-state index in [4.69, 9.17) is 0 Å². The van der Waals surface area contributed by atoms with Crippen molar-refractivity contribution in [2.45, 2.75) is 26.7 Å². The summed E-state index contributed by atoms with van der Waals surface area (Å²) in [4.78, 5) is 27.7. The van der Waals surface area contributed by atoms with E-state index in [-0.39, 0.29) is 11.8 Å². The second-order valence-electron chi connectivity index (χ2n) is 7.33. The van der Waals surface area contributed by atoms with Gasteiger partial charge in [0.1, 0.15) is 24.3 Å². The Labute approximate surface area is 164 Å². The molecule has 1 aliphatic rings. The highest BCUT2D eigenvalue weighted by Gasteiger charge is 2.26. The number of nitrogens with zero attached hydrogens (tertiary/aromatic N) is 5. The first-order chi connectivity index (χ1) is 13.6. The van der Waals surface area contributed by atoms with Crippen LogP contribution in [0.2, 0.25) is 0 Å². The molecule has 0 radical (unpaired) electrons. The Balaban J connectivity index is 1.38. The van der Waals surface area contributed by atoms with Crippen molar-refractivity contribution in [1.29, 1.82) is 0 Å². The zero-order valence-electron chi connectivity index (χ0n) is 16.2. The second kappa shape index (κ2) is 7.80. The van der Waals surface area contributed by atoms with Crippen molar-refractivity contribution in [3.63, 3.8) is 0 Å². The van der Waals surface area contributed by atoms with Crippen LogP contribution in [0.25, 0.3) is 5.82 Å². The monoisotopic (exact) mass is 376 g/mol. The van der Waals surface area contributed by atoms with Crippen molar-refractivity contribution in [2.75, 3.05) is 23.3 Å². The van der Waals surface area contributed by atoms with Gasteiger partial charge in [-0.25, -0.2) is 15.0 Å². The van der Waals surface area contributed by atoms with Gasteiger partial charge in [-0.3, -0.25) is 9.36 Å². The van der Waals surface area contributed by atoms with E-state index in [0.29, 0.717) is 0 Å². The zero-order valence-corrected chi connectivity index (χ0v) is 16.2. The average Bonchev–Trinajstić information content (AvgIpc) is 3.22. The lowest BCUT2D eigenvalue weighted by Gasteiger charge is -2.32. The highest BCUT2D eigenvalue weighted by molar-refractivity contribution is 5.92. The third-order valence-corrected chi connectivity index (χ3v) is 5.09. The fraction of sp³-hybridized carbons (Fsp3) is 0.333. The van der Waals surface area contributed by atoms with Crippen molar-refractivity contribution in [3.8, 4) is 5.82 Å². The van der Waals surface area contributed by atoms with Crippen molar-refractivity contribution in [1.82, 2.24) is 19.5 Å². The summed E-state index contributed by atoms with van der Waals surface area (Å²) in [5, 5.41) is 3.08. The number of imidazole rings is 1. The first kappa shape index (κ1) is 18.2. The lowest BCUT2D eigenvalue weighted by molar-refractivity contribution is -0.120. The predicted octanol–water partition coefficient (Wildman–Crippen LogP) is 3.13. The van der Waals surface area contributed by atoms with Crippen LogP contribution in [-0.2, 0) is 4.79 Å². The maximum absolute atomic E-state index is 12.7. The number of aromatic nitrogens is 4. The molecule has 0 spiro atoms. The third-order valence-electron chi connectivity index (χ3n) is 5.09. The number of carbonyl (C=O) groups excluding carboxylic acids is 1. The van der Waals surface area contributed by atoms with E-state index < -0.39 is 0 Å². The molecule has 0 aliphatic carbocycles. The Morgan fingerprint density at radius 3 is 2.43 bits per heavy atom.